The molecule has 20 heavy (non-hydrogen) atoms. The predicted octanol–water partition coefficient (Wildman–Crippen LogP) is 0.0224. The molecule has 1 unspecified atom stereocenters. The molecule has 0 radical (unpaired) electrons. The lowest BCUT2D eigenvalue weighted by Gasteiger charge is -2.33. The molecular formula is C12H18N4O3S. The van der Waals surface area contributed by atoms with Gasteiger partial charge in [0.1, 0.15) is 16.8 Å². The highest BCUT2D eigenvalue weighted by Gasteiger charge is 2.37. The molecule has 1 atom stereocenters. The van der Waals surface area contributed by atoms with Gasteiger partial charge in [-0.3, -0.25) is 4.79 Å². The van der Waals surface area contributed by atoms with E-state index in [1.807, 2.05) is 0 Å². The molecule has 0 saturated carbocycles. The maximum atomic E-state index is 12.6. The first-order chi connectivity index (χ1) is 9.50. The number of nitrogens with one attached hydrogen (secondary N) is 2. The Morgan fingerprint density at radius 2 is 2.25 bits per heavy atom. The molecule has 1 aliphatic heterocycles. The average Bonchev–Trinajstić information content (AvgIpc) is 2.47. The zero-order valence-corrected chi connectivity index (χ0v) is 12.3. The lowest BCUT2D eigenvalue weighted by atomic mass is 10.2. The second-order valence-electron chi connectivity index (χ2n) is 4.46. The Hall–Kier alpha value is -1.67. The monoisotopic (exact) mass is 298 g/mol. The van der Waals surface area contributed by atoms with Crippen LogP contribution in [0.4, 0.5) is 5.82 Å². The molecule has 7 nitrogen and oxygen atoms in total. The van der Waals surface area contributed by atoms with Crippen LogP contribution in [-0.4, -0.2) is 49.8 Å². The number of hydrogen-bond acceptors (Lipinski definition) is 5. The normalized spacial score (nSPS) is 20.5. The van der Waals surface area contributed by atoms with Crippen molar-refractivity contribution in [1.82, 2.24) is 14.6 Å². The van der Waals surface area contributed by atoms with E-state index in [4.69, 9.17) is 0 Å². The van der Waals surface area contributed by atoms with Gasteiger partial charge in [-0.15, -0.1) is 0 Å². The summed E-state index contributed by atoms with van der Waals surface area (Å²) in [6.07, 6.45) is 1.74. The van der Waals surface area contributed by atoms with Crippen LogP contribution in [0.1, 0.15) is 13.3 Å². The van der Waals surface area contributed by atoms with Crippen LogP contribution in [0.15, 0.2) is 23.2 Å². The Labute approximate surface area is 118 Å². The van der Waals surface area contributed by atoms with Crippen LogP contribution in [-0.2, 0) is 14.8 Å². The minimum absolute atomic E-state index is 0.102. The number of pyridine rings is 1. The molecule has 2 rings (SSSR count). The van der Waals surface area contributed by atoms with Gasteiger partial charge in [-0.05, 0) is 18.6 Å². The summed E-state index contributed by atoms with van der Waals surface area (Å²) in [4.78, 5) is 15.9. The number of hydrogen-bond donors (Lipinski definition) is 2. The molecule has 1 aromatic heterocycles. The summed E-state index contributed by atoms with van der Waals surface area (Å²) in [7, 11) is -1.99. The van der Waals surface area contributed by atoms with Crippen molar-refractivity contribution in [3.8, 4) is 0 Å². The van der Waals surface area contributed by atoms with Crippen molar-refractivity contribution in [3.63, 3.8) is 0 Å². The topological polar surface area (TPSA) is 91.4 Å². The number of anilines is 1. The second kappa shape index (κ2) is 5.76. The summed E-state index contributed by atoms with van der Waals surface area (Å²) < 4.78 is 26.4. The van der Waals surface area contributed by atoms with Crippen LogP contribution in [0.25, 0.3) is 0 Å². The molecule has 0 spiro atoms. The molecule has 1 saturated heterocycles. The third-order valence-corrected chi connectivity index (χ3v) is 5.16. The number of rotatable bonds is 4. The van der Waals surface area contributed by atoms with Crippen LogP contribution in [0.2, 0.25) is 0 Å². The van der Waals surface area contributed by atoms with Gasteiger partial charge in [0, 0.05) is 26.3 Å². The van der Waals surface area contributed by atoms with Crippen molar-refractivity contribution >= 4 is 21.7 Å². The van der Waals surface area contributed by atoms with Gasteiger partial charge >= 0.3 is 0 Å². The third-order valence-electron chi connectivity index (χ3n) is 3.27. The molecular weight excluding hydrogens is 280 g/mol. The number of carbonyl (C=O) groups excluding carboxylic acids is 1. The molecule has 8 heteroatoms. The molecule has 1 aromatic rings. The van der Waals surface area contributed by atoms with Crippen molar-refractivity contribution in [2.24, 2.45) is 0 Å². The molecule has 0 bridgehead atoms. The number of carbonyl (C=O) groups is 1. The Kier molecular flexibility index (Phi) is 4.24. The summed E-state index contributed by atoms with van der Waals surface area (Å²) >= 11 is 0. The number of nitrogens with zero attached hydrogens (tertiary/aromatic N) is 2. The largest absolute Gasteiger partial charge is 0.373 e. The van der Waals surface area contributed by atoms with Crippen molar-refractivity contribution in [2.75, 3.05) is 25.5 Å². The van der Waals surface area contributed by atoms with Crippen molar-refractivity contribution in [1.29, 1.82) is 0 Å². The first kappa shape index (κ1) is 14.7. The van der Waals surface area contributed by atoms with Crippen molar-refractivity contribution in [2.45, 2.75) is 24.3 Å². The fraction of sp³-hybridized carbons (Fsp3) is 0.500. The van der Waals surface area contributed by atoms with Crippen molar-refractivity contribution < 1.29 is 13.2 Å². The lowest BCUT2D eigenvalue weighted by molar-refractivity contribution is -0.126. The summed E-state index contributed by atoms with van der Waals surface area (Å²) in [6, 6.07) is 2.43. The van der Waals surface area contributed by atoms with E-state index in [-0.39, 0.29) is 17.3 Å². The standard InChI is InChI=1S/C12H18N4O3S/c1-3-10-12(17)14-6-7-16(10)20(18,19)9-4-5-11(13-2)15-8-9/h4-5,8,10H,3,6-7H2,1-2H3,(H,13,15)(H,14,17). The number of piperazine rings is 1. The Bertz CT molecular complexity index is 585. The van der Waals surface area contributed by atoms with Gasteiger partial charge in [-0.1, -0.05) is 6.92 Å². The Morgan fingerprint density at radius 3 is 2.80 bits per heavy atom. The fourth-order valence-corrected chi connectivity index (χ4v) is 3.79. The molecule has 1 aliphatic rings. The van der Waals surface area contributed by atoms with Gasteiger partial charge in [0.15, 0.2) is 0 Å². The minimum atomic E-state index is -3.70. The quantitative estimate of drug-likeness (QED) is 0.818. The highest BCUT2D eigenvalue weighted by Crippen LogP contribution is 2.21. The molecule has 0 aliphatic carbocycles. The van der Waals surface area contributed by atoms with E-state index < -0.39 is 16.1 Å². The highest BCUT2D eigenvalue weighted by molar-refractivity contribution is 7.89. The summed E-state index contributed by atoms with van der Waals surface area (Å²) in [5.41, 5.74) is 0. The van der Waals surface area contributed by atoms with Crippen LogP contribution >= 0.6 is 0 Å². The van der Waals surface area contributed by atoms with Crippen LogP contribution in [0.3, 0.4) is 0 Å². The van der Waals surface area contributed by atoms with Crippen LogP contribution < -0.4 is 10.6 Å². The summed E-state index contributed by atoms with van der Waals surface area (Å²) in [5.74, 6) is 0.342. The van der Waals surface area contributed by atoms with Gasteiger partial charge in [0.05, 0.1) is 0 Å². The second-order valence-corrected chi connectivity index (χ2v) is 6.35. The fourth-order valence-electron chi connectivity index (χ4n) is 2.19. The highest BCUT2D eigenvalue weighted by atomic mass is 32.2. The van der Waals surface area contributed by atoms with Gasteiger partial charge in [-0.25, -0.2) is 13.4 Å². The molecule has 110 valence electrons. The minimum Gasteiger partial charge on any atom is -0.373 e. The first-order valence-electron chi connectivity index (χ1n) is 6.44. The van der Waals surface area contributed by atoms with Crippen LogP contribution in [0, 0.1) is 0 Å². The zero-order valence-electron chi connectivity index (χ0n) is 11.5. The molecule has 2 heterocycles. The van der Waals surface area contributed by atoms with E-state index >= 15 is 0 Å². The average molecular weight is 298 g/mol. The number of aromatic nitrogens is 1. The summed E-state index contributed by atoms with van der Waals surface area (Å²) in [5, 5.41) is 5.51. The van der Waals surface area contributed by atoms with E-state index in [0.29, 0.717) is 18.8 Å². The SMILES string of the molecule is CCC1C(=O)NCCN1S(=O)(=O)c1ccc(NC)nc1. The number of amides is 1. The third kappa shape index (κ3) is 2.61. The molecule has 1 amide bonds. The predicted molar refractivity (Wildman–Crippen MR) is 74.8 cm³/mol. The molecule has 1 fully saturated rings. The van der Waals surface area contributed by atoms with Gasteiger partial charge in [-0.2, -0.15) is 4.31 Å². The molecule has 0 aromatic carbocycles. The Morgan fingerprint density at radius 1 is 1.50 bits per heavy atom. The van der Waals surface area contributed by atoms with E-state index in [2.05, 4.69) is 15.6 Å². The van der Waals surface area contributed by atoms with Crippen LogP contribution in [0.5, 0.6) is 0 Å². The van der Waals surface area contributed by atoms with Gasteiger partial charge < -0.3 is 10.6 Å². The lowest BCUT2D eigenvalue weighted by Crippen LogP contribution is -2.56. The van der Waals surface area contributed by atoms with Gasteiger partial charge in [0.25, 0.3) is 0 Å². The van der Waals surface area contributed by atoms with E-state index in [0.717, 1.165) is 0 Å². The number of sulfonamides is 1. The van der Waals surface area contributed by atoms with E-state index in [1.54, 1.807) is 20.0 Å². The first-order valence-corrected chi connectivity index (χ1v) is 7.88. The zero-order chi connectivity index (χ0) is 14.8. The van der Waals surface area contributed by atoms with Crippen molar-refractivity contribution in [3.05, 3.63) is 18.3 Å². The van der Waals surface area contributed by atoms with E-state index in [9.17, 15) is 13.2 Å². The smallest absolute Gasteiger partial charge is 0.245 e. The van der Waals surface area contributed by atoms with E-state index in [1.165, 1.54) is 16.6 Å². The Balaban J connectivity index is 2.34. The summed E-state index contributed by atoms with van der Waals surface area (Å²) in [6.45, 7) is 2.40. The maximum Gasteiger partial charge on any atom is 0.245 e. The maximum absolute atomic E-state index is 12.6. The molecule has 2 N–H and O–H groups in total. The van der Waals surface area contributed by atoms with Gasteiger partial charge in [0.2, 0.25) is 15.9 Å².